The van der Waals surface area contributed by atoms with Crippen LogP contribution in [0.2, 0.25) is 0 Å². The lowest BCUT2D eigenvalue weighted by molar-refractivity contribution is -0.137. The Labute approximate surface area is 96.4 Å². The molecule has 1 aromatic rings. The van der Waals surface area contributed by atoms with Crippen LogP contribution in [0.15, 0.2) is 18.2 Å². The number of alkyl halides is 3. The average molecular weight is 242 g/mol. The van der Waals surface area contributed by atoms with Gasteiger partial charge in [-0.2, -0.15) is 13.2 Å². The number of hydrogen-bond acceptors (Lipinski definition) is 2. The summed E-state index contributed by atoms with van der Waals surface area (Å²) in [6.45, 7) is 1.65. The molecule has 5 heteroatoms. The third-order valence-corrected chi connectivity index (χ3v) is 1.94. The van der Waals surface area contributed by atoms with Gasteiger partial charge in [0.2, 0.25) is 0 Å². The number of rotatable bonds is 2. The molecule has 0 saturated carbocycles. The molecule has 0 aliphatic heterocycles. The van der Waals surface area contributed by atoms with Crippen LogP contribution in [0, 0.1) is 12.3 Å². The quantitative estimate of drug-likeness (QED) is 0.588. The predicted molar refractivity (Wildman–Crippen MR) is 55.3 cm³/mol. The molecule has 17 heavy (non-hydrogen) atoms. The summed E-state index contributed by atoms with van der Waals surface area (Å²) in [6, 6.07) is 2.72. The molecule has 90 valence electrons. The zero-order valence-corrected chi connectivity index (χ0v) is 8.97. The van der Waals surface area contributed by atoms with Crippen molar-refractivity contribution in [2.75, 3.05) is 6.61 Å². The lowest BCUT2D eigenvalue weighted by Crippen LogP contribution is -2.10. The van der Waals surface area contributed by atoms with Crippen LogP contribution in [0.1, 0.15) is 28.4 Å². The van der Waals surface area contributed by atoms with Crippen LogP contribution in [0.4, 0.5) is 13.2 Å². The fourth-order valence-electron chi connectivity index (χ4n) is 1.21. The maximum atomic E-state index is 12.5. The maximum Gasteiger partial charge on any atom is 0.416 e. The van der Waals surface area contributed by atoms with Gasteiger partial charge >= 0.3 is 12.1 Å². The van der Waals surface area contributed by atoms with Crippen LogP contribution in [0.5, 0.6) is 0 Å². The summed E-state index contributed by atoms with van der Waals surface area (Å²) in [4.78, 5) is 11.3. The SMILES string of the molecule is C#Cc1cc(C(=O)OCC)cc(C(F)(F)F)c1. The van der Waals surface area contributed by atoms with Gasteiger partial charge in [-0.05, 0) is 25.1 Å². The highest BCUT2D eigenvalue weighted by Gasteiger charge is 2.31. The third-order valence-electron chi connectivity index (χ3n) is 1.94. The molecule has 0 aliphatic carbocycles. The summed E-state index contributed by atoms with van der Waals surface area (Å²) in [6.07, 6.45) is 0.488. The molecule has 2 nitrogen and oxygen atoms in total. The Bertz CT molecular complexity index is 470. The summed E-state index contributed by atoms with van der Waals surface area (Å²) >= 11 is 0. The molecule has 0 amide bonds. The van der Waals surface area contributed by atoms with E-state index in [2.05, 4.69) is 10.7 Å². The van der Waals surface area contributed by atoms with Crippen LogP contribution in [0.3, 0.4) is 0 Å². The lowest BCUT2D eigenvalue weighted by Gasteiger charge is -2.09. The molecule has 0 radical (unpaired) electrons. The van der Waals surface area contributed by atoms with Crippen molar-refractivity contribution in [3.8, 4) is 12.3 Å². The maximum absolute atomic E-state index is 12.5. The number of hydrogen-bond donors (Lipinski definition) is 0. The number of carbonyl (C=O) groups is 1. The number of terminal acetylenes is 1. The van der Waals surface area contributed by atoms with E-state index in [1.54, 1.807) is 6.92 Å². The Morgan fingerprint density at radius 2 is 2.06 bits per heavy atom. The number of halogens is 3. The molecule has 0 spiro atoms. The zero-order chi connectivity index (χ0) is 13.1. The fourth-order valence-corrected chi connectivity index (χ4v) is 1.21. The first-order chi connectivity index (χ1) is 7.88. The van der Waals surface area contributed by atoms with Gasteiger partial charge in [0.05, 0.1) is 17.7 Å². The van der Waals surface area contributed by atoms with Crippen molar-refractivity contribution in [1.29, 1.82) is 0 Å². The normalized spacial score (nSPS) is 10.8. The molecule has 0 N–H and O–H groups in total. The van der Waals surface area contributed by atoms with E-state index in [0.717, 1.165) is 12.1 Å². The summed E-state index contributed by atoms with van der Waals surface area (Å²) < 4.78 is 42.2. The molecule has 0 heterocycles. The van der Waals surface area contributed by atoms with Crippen LogP contribution in [-0.2, 0) is 10.9 Å². The van der Waals surface area contributed by atoms with Gasteiger partial charge in [0.25, 0.3) is 0 Å². The summed E-state index contributed by atoms with van der Waals surface area (Å²) in [5.74, 6) is 1.25. The first kappa shape index (κ1) is 13.1. The third kappa shape index (κ3) is 3.25. The first-order valence-electron chi connectivity index (χ1n) is 4.74. The van der Waals surface area contributed by atoms with Gasteiger partial charge in [-0.25, -0.2) is 4.79 Å². The highest BCUT2D eigenvalue weighted by Crippen LogP contribution is 2.30. The lowest BCUT2D eigenvalue weighted by atomic mass is 10.1. The van der Waals surface area contributed by atoms with Gasteiger partial charge in [0.15, 0.2) is 0 Å². The first-order valence-corrected chi connectivity index (χ1v) is 4.74. The minimum atomic E-state index is -4.55. The van der Waals surface area contributed by atoms with E-state index in [-0.39, 0.29) is 17.7 Å². The molecule has 0 aromatic heterocycles. The van der Waals surface area contributed by atoms with Gasteiger partial charge in [-0.3, -0.25) is 0 Å². The fraction of sp³-hybridized carbons (Fsp3) is 0.250. The Morgan fingerprint density at radius 1 is 1.41 bits per heavy atom. The van der Waals surface area contributed by atoms with Crippen LogP contribution < -0.4 is 0 Å². The monoisotopic (exact) mass is 242 g/mol. The molecule has 1 rings (SSSR count). The highest BCUT2D eigenvalue weighted by atomic mass is 19.4. The van der Waals surface area contributed by atoms with Crippen molar-refractivity contribution in [2.45, 2.75) is 13.1 Å². The molecular weight excluding hydrogens is 233 g/mol. The van der Waals surface area contributed by atoms with Crippen LogP contribution in [-0.4, -0.2) is 12.6 Å². The van der Waals surface area contributed by atoms with E-state index in [0.29, 0.717) is 0 Å². The topological polar surface area (TPSA) is 26.3 Å². The van der Waals surface area contributed by atoms with Crippen LogP contribution >= 0.6 is 0 Å². The van der Waals surface area contributed by atoms with Gasteiger partial charge in [0.1, 0.15) is 0 Å². The Hall–Kier alpha value is -1.96. The van der Waals surface area contributed by atoms with Gasteiger partial charge < -0.3 is 4.74 Å². The highest BCUT2D eigenvalue weighted by molar-refractivity contribution is 5.90. The zero-order valence-electron chi connectivity index (χ0n) is 8.97. The molecule has 0 aliphatic rings. The minimum Gasteiger partial charge on any atom is -0.462 e. The smallest absolute Gasteiger partial charge is 0.416 e. The summed E-state index contributed by atoms with van der Waals surface area (Å²) in [7, 11) is 0. The van der Waals surface area contributed by atoms with Crippen molar-refractivity contribution in [2.24, 2.45) is 0 Å². The summed E-state index contributed by atoms with van der Waals surface area (Å²) in [5, 5.41) is 0. The van der Waals surface area contributed by atoms with Gasteiger partial charge in [-0.15, -0.1) is 6.42 Å². The van der Waals surface area contributed by atoms with Crippen LogP contribution in [0.25, 0.3) is 0 Å². The van der Waals surface area contributed by atoms with E-state index in [4.69, 9.17) is 6.42 Å². The van der Waals surface area contributed by atoms with Crippen molar-refractivity contribution >= 4 is 5.97 Å². The van der Waals surface area contributed by atoms with E-state index in [1.165, 1.54) is 6.07 Å². The van der Waals surface area contributed by atoms with E-state index >= 15 is 0 Å². The Morgan fingerprint density at radius 3 is 2.53 bits per heavy atom. The van der Waals surface area contributed by atoms with E-state index in [1.807, 2.05) is 0 Å². The minimum absolute atomic E-state index is 0.0112. The average Bonchev–Trinajstić information content (AvgIpc) is 2.27. The second kappa shape index (κ2) is 4.91. The number of benzene rings is 1. The molecule has 0 bridgehead atoms. The van der Waals surface area contributed by atoms with Crippen molar-refractivity contribution in [3.05, 3.63) is 34.9 Å². The molecule has 0 atom stereocenters. The molecule has 0 unspecified atom stereocenters. The van der Waals surface area contributed by atoms with Crippen molar-refractivity contribution in [1.82, 2.24) is 0 Å². The molecule has 0 saturated heterocycles. The number of carbonyl (C=O) groups excluding carboxylic acids is 1. The van der Waals surface area contributed by atoms with Crippen molar-refractivity contribution < 1.29 is 22.7 Å². The molecule has 0 fully saturated rings. The Kier molecular flexibility index (Phi) is 3.79. The van der Waals surface area contributed by atoms with Gasteiger partial charge in [0, 0.05) is 5.56 Å². The van der Waals surface area contributed by atoms with Crippen molar-refractivity contribution in [3.63, 3.8) is 0 Å². The van der Waals surface area contributed by atoms with E-state index < -0.39 is 17.7 Å². The van der Waals surface area contributed by atoms with Gasteiger partial charge in [-0.1, -0.05) is 5.92 Å². The van der Waals surface area contributed by atoms with E-state index in [9.17, 15) is 18.0 Å². The standard InChI is InChI=1S/C12H9F3O2/c1-3-8-5-9(11(16)17-4-2)7-10(6-8)12(13,14)15/h1,5-7H,4H2,2H3. The predicted octanol–water partition coefficient (Wildman–Crippen LogP) is 2.86. The largest absolute Gasteiger partial charge is 0.462 e. The number of ether oxygens (including phenoxy) is 1. The number of esters is 1. The Balaban J connectivity index is 3.25. The molecular formula is C12H9F3O2. The summed E-state index contributed by atoms with van der Waals surface area (Å²) in [5.41, 5.74) is -1.17. The second-order valence-corrected chi connectivity index (χ2v) is 3.16. The molecule has 1 aromatic carbocycles. The second-order valence-electron chi connectivity index (χ2n) is 3.16.